The molecule has 0 heterocycles. The van der Waals surface area contributed by atoms with Crippen LogP contribution in [0.15, 0.2) is 119 Å². The Morgan fingerprint density at radius 2 is 1.42 bits per heavy atom. The zero-order chi connectivity index (χ0) is 31.0. The lowest BCUT2D eigenvalue weighted by Gasteiger charge is -2.34. The van der Waals surface area contributed by atoms with Crippen LogP contribution in [0.4, 0.5) is 5.69 Å². The summed E-state index contributed by atoms with van der Waals surface area (Å²) in [6.45, 7) is 5.33. The summed E-state index contributed by atoms with van der Waals surface area (Å²) in [6, 6.07) is 31.0. The molecule has 0 bridgehead atoms. The van der Waals surface area contributed by atoms with E-state index in [0.717, 1.165) is 25.5 Å². The lowest BCUT2D eigenvalue weighted by molar-refractivity contribution is -0.140. The van der Waals surface area contributed by atoms with Crippen LogP contribution in [0.1, 0.15) is 30.5 Å². The quantitative estimate of drug-likeness (QED) is 0.198. The minimum absolute atomic E-state index is 0.0642. The van der Waals surface area contributed by atoms with Gasteiger partial charge in [0.2, 0.25) is 11.8 Å². The van der Waals surface area contributed by atoms with Crippen LogP contribution < -0.4 is 9.62 Å². The number of benzene rings is 4. The van der Waals surface area contributed by atoms with Gasteiger partial charge in [0.1, 0.15) is 12.6 Å². The van der Waals surface area contributed by atoms with Crippen molar-refractivity contribution in [2.75, 3.05) is 10.8 Å². The zero-order valence-corrected chi connectivity index (χ0v) is 26.9. The predicted octanol–water partition coefficient (Wildman–Crippen LogP) is 6.12. The van der Waals surface area contributed by atoms with Crippen LogP contribution in [0.5, 0.6) is 0 Å². The molecule has 224 valence electrons. The number of hydrogen-bond acceptors (Lipinski definition) is 4. The number of nitrogens with zero attached hydrogens (tertiary/aromatic N) is 2. The molecule has 4 aromatic rings. The van der Waals surface area contributed by atoms with Gasteiger partial charge in [-0.1, -0.05) is 94.3 Å². The maximum absolute atomic E-state index is 14.4. The van der Waals surface area contributed by atoms with E-state index in [2.05, 4.69) is 21.2 Å². The van der Waals surface area contributed by atoms with Gasteiger partial charge in [-0.2, -0.15) is 0 Å². The van der Waals surface area contributed by atoms with Crippen LogP contribution in [0.2, 0.25) is 0 Å². The molecular weight excluding hydrogens is 626 g/mol. The Kier molecular flexibility index (Phi) is 10.8. The zero-order valence-electron chi connectivity index (χ0n) is 24.5. The van der Waals surface area contributed by atoms with Gasteiger partial charge in [-0.3, -0.25) is 13.9 Å². The van der Waals surface area contributed by atoms with Gasteiger partial charge in [-0.15, -0.1) is 0 Å². The highest BCUT2D eigenvalue weighted by Gasteiger charge is 2.34. The fourth-order valence-electron chi connectivity index (χ4n) is 4.80. The summed E-state index contributed by atoms with van der Waals surface area (Å²) in [6.07, 6.45) is 0.265. The third-order valence-electron chi connectivity index (χ3n) is 6.86. The molecule has 0 aromatic heterocycles. The van der Waals surface area contributed by atoms with Gasteiger partial charge >= 0.3 is 0 Å². The standard InChI is InChI=1S/C34H36BrN3O4S/c1-25(2)36-34(40)32(22-27-12-6-4-7-13-27)37(23-28-14-10-11-26(3)21-28)33(39)24-38(30-19-17-29(35)18-20-30)43(41,42)31-15-8-5-9-16-31/h4-21,25,32H,22-24H2,1-3H3,(H,36,40)/t32-/m1/s1. The third kappa shape index (κ3) is 8.55. The first-order chi connectivity index (χ1) is 20.5. The van der Waals surface area contributed by atoms with Crippen molar-refractivity contribution in [1.29, 1.82) is 0 Å². The van der Waals surface area contributed by atoms with Crippen LogP contribution in [0.25, 0.3) is 0 Å². The number of halogens is 1. The van der Waals surface area contributed by atoms with Gasteiger partial charge in [0.15, 0.2) is 0 Å². The van der Waals surface area contributed by atoms with Gasteiger partial charge in [-0.05, 0) is 68.3 Å². The molecule has 0 aliphatic heterocycles. The largest absolute Gasteiger partial charge is 0.352 e. The SMILES string of the molecule is Cc1cccc(CN(C(=O)CN(c2ccc(Br)cc2)S(=O)(=O)c2ccccc2)[C@H](Cc2ccccc2)C(=O)NC(C)C)c1. The van der Waals surface area contributed by atoms with Crippen LogP contribution in [0.3, 0.4) is 0 Å². The van der Waals surface area contributed by atoms with E-state index in [1.54, 1.807) is 42.5 Å². The summed E-state index contributed by atoms with van der Waals surface area (Å²) < 4.78 is 29.9. The number of aryl methyl sites for hydroxylation is 1. The normalized spacial score (nSPS) is 12.0. The summed E-state index contributed by atoms with van der Waals surface area (Å²) >= 11 is 3.41. The predicted molar refractivity (Wildman–Crippen MR) is 174 cm³/mol. The molecule has 0 radical (unpaired) electrons. The average Bonchev–Trinajstić information content (AvgIpc) is 2.98. The van der Waals surface area contributed by atoms with E-state index in [-0.39, 0.29) is 29.8 Å². The first-order valence-corrected chi connectivity index (χ1v) is 16.3. The lowest BCUT2D eigenvalue weighted by atomic mass is 10.0. The Hall–Kier alpha value is -3.95. The van der Waals surface area contributed by atoms with Crippen molar-refractivity contribution >= 4 is 43.5 Å². The van der Waals surface area contributed by atoms with E-state index < -0.39 is 28.5 Å². The van der Waals surface area contributed by atoms with Crippen molar-refractivity contribution in [1.82, 2.24) is 10.2 Å². The number of hydrogen-bond donors (Lipinski definition) is 1. The molecule has 1 atom stereocenters. The van der Waals surface area contributed by atoms with Gasteiger partial charge in [0.25, 0.3) is 10.0 Å². The molecule has 2 amide bonds. The van der Waals surface area contributed by atoms with Crippen LogP contribution in [0, 0.1) is 6.92 Å². The molecule has 9 heteroatoms. The van der Waals surface area contributed by atoms with Crippen molar-refractivity contribution in [2.45, 2.75) is 50.7 Å². The molecule has 0 saturated heterocycles. The van der Waals surface area contributed by atoms with E-state index >= 15 is 0 Å². The second-order valence-corrected chi connectivity index (χ2v) is 13.5. The number of carbonyl (C=O) groups excluding carboxylic acids is 2. The first-order valence-electron chi connectivity index (χ1n) is 14.1. The number of sulfonamides is 1. The molecular formula is C34H36BrN3O4S. The Labute approximate surface area is 262 Å². The number of anilines is 1. The van der Waals surface area contributed by atoms with E-state index in [0.29, 0.717) is 5.69 Å². The Morgan fingerprint density at radius 1 is 0.814 bits per heavy atom. The van der Waals surface area contributed by atoms with Crippen molar-refractivity contribution in [2.24, 2.45) is 0 Å². The molecule has 4 rings (SSSR count). The number of carbonyl (C=O) groups is 2. The van der Waals surface area contributed by atoms with Crippen LogP contribution >= 0.6 is 15.9 Å². The molecule has 0 spiro atoms. The van der Waals surface area contributed by atoms with Crippen molar-refractivity contribution < 1.29 is 18.0 Å². The molecule has 43 heavy (non-hydrogen) atoms. The van der Waals surface area contributed by atoms with E-state index in [9.17, 15) is 18.0 Å². The van der Waals surface area contributed by atoms with E-state index in [1.165, 1.54) is 17.0 Å². The van der Waals surface area contributed by atoms with Crippen molar-refractivity contribution in [3.63, 3.8) is 0 Å². The highest BCUT2D eigenvalue weighted by atomic mass is 79.9. The fraction of sp³-hybridized carbons (Fsp3) is 0.235. The summed E-state index contributed by atoms with van der Waals surface area (Å²) in [7, 11) is -4.13. The lowest BCUT2D eigenvalue weighted by Crippen LogP contribution is -2.54. The van der Waals surface area contributed by atoms with Gasteiger partial charge < -0.3 is 10.2 Å². The second kappa shape index (κ2) is 14.5. The topological polar surface area (TPSA) is 86.8 Å². The molecule has 1 N–H and O–H groups in total. The summed E-state index contributed by atoms with van der Waals surface area (Å²) in [4.78, 5) is 29.7. The average molecular weight is 663 g/mol. The minimum atomic E-state index is -4.13. The highest BCUT2D eigenvalue weighted by molar-refractivity contribution is 9.10. The van der Waals surface area contributed by atoms with Crippen LogP contribution in [-0.2, 0) is 32.6 Å². The highest BCUT2D eigenvalue weighted by Crippen LogP contribution is 2.26. The van der Waals surface area contributed by atoms with Gasteiger partial charge in [0, 0.05) is 23.5 Å². The number of amides is 2. The smallest absolute Gasteiger partial charge is 0.264 e. The summed E-state index contributed by atoms with van der Waals surface area (Å²) in [5, 5.41) is 2.97. The van der Waals surface area contributed by atoms with E-state index in [1.807, 2.05) is 75.4 Å². The Balaban J connectivity index is 1.79. The maximum atomic E-state index is 14.4. The van der Waals surface area contributed by atoms with Crippen molar-refractivity contribution in [3.8, 4) is 0 Å². The molecule has 0 fully saturated rings. The molecule has 0 aliphatic rings. The molecule has 0 unspecified atom stereocenters. The molecule has 0 saturated carbocycles. The van der Waals surface area contributed by atoms with Crippen molar-refractivity contribution in [3.05, 3.63) is 130 Å². The fourth-order valence-corrected chi connectivity index (χ4v) is 6.50. The Morgan fingerprint density at radius 3 is 2.02 bits per heavy atom. The minimum Gasteiger partial charge on any atom is -0.352 e. The van der Waals surface area contributed by atoms with Gasteiger partial charge in [-0.25, -0.2) is 8.42 Å². The monoisotopic (exact) mass is 661 g/mol. The first kappa shape index (κ1) is 32.0. The number of rotatable bonds is 12. The number of nitrogens with one attached hydrogen (secondary N) is 1. The van der Waals surface area contributed by atoms with Crippen LogP contribution in [-0.4, -0.2) is 43.8 Å². The molecule has 4 aromatic carbocycles. The summed E-state index contributed by atoms with van der Waals surface area (Å²) in [5.74, 6) is -0.801. The molecule has 7 nitrogen and oxygen atoms in total. The summed E-state index contributed by atoms with van der Waals surface area (Å²) in [5.41, 5.74) is 3.07. The third-order valence-corrected chi connectivity index (χ3v) is 9.18. The Bertz CT molecular complexity index is 1630. The second-order valence-electron chi connectivity index (χ2n) is 10.7. The van der Waals surface area contributed by atoms with Gasteiger partial charge in [0.05, 0.1) is 10.6 Å². The molecule has 0 aliphatic carbocycles. The maximum Gasteiger partial charge on any atom is 0.264 e. The van der Waals surface area contributed by atoms with E-state index in [4.69, 9.17) is 0 Å².